The Morgan fingerprint density at radius 3 is 2.39 bits per heavy atom. The van der Waals surface area contributed by atoms with Crippen molar-refractivity contribution in [1.82, 2.24) is 4.90 Å². The van der Waals surface area contributed by atoms with Crippen LogP contribution in [0.5, 0.6) is 11.5 Å². The smallest absolute Gasteiger partial charge is 0.383 e. The lowest BCUT2D eigenvalue weighted by Crippen LogP contribution is -2.50. The normalized spacial score (nSPS) is 17.9. The second-order valence-corrected chi connectivity index (χ2v) is 4.99. The Labute approximate surface area is 129 Å². The van der Waals surface area contributed by atoms with Crippen LogP contribution in [-0.4, -0.2) is 49.0 Å². The Hall–Kier alpha value is -2.03. The van der Waals surface area contributed by atoms with Crippen LogP contribution in [-0.2, 0) is 11.3 Å². The zero-order valence-electron chi connectivity index (χ0n) is 12.4. The van der Waals surface area contributed by atoms with Crippen LogP contribution in [0.2, 0.25) is 0 Å². The average molecular weight is 337 g/mol. The first kappa shape index (κ1) is 17.3. The van der Waals surface area contributed by atoms with E-state index in [1.807, 2.05) is 0 Å². The maximum Gasteiger partial charge on any atom is 0.383 e. The fourth-order valence-electron chi connectivity index (χ4n) is 2.54. The number of fused-ring (bicyclic) bond motifs is 1. The van der Waals surface area contributed by atoms with Crippen molar-refractivity contribution in [2.24, 2.45) is 0 Å². The Morgan fingerprint density at radius 2 is 1.87 bits per heavy atom. The summed E-state index contributed by atoms with van der Waals surface area (Å²) < 4.78 is 61.5. The fourth-order valence-corrected chi connectivity index (χ4v) is 2.54. The largest absolute Gasteiger partial charge is 0.496 e. The molecule has 0 aliphatic carbocycles. The lowest BCUT2D eigenvalue weighted by atomic mass is 9.94. The first-order chi connectivity index (χ1) is 10.7. The van der Waals surface area contributed by atoms with Gasteiger partial charge < -0.3 is 19.5 Å². The van der Waals surface area contributed by atoms with Crippen LogP contribution in [0.15, 0.2) is 12.1 Å². The van der Waals surface area contributed by atoms with E-state index in [-0.39, 0.29) is 16.9 Å². The molecule has 2 rings (SSSR count). The molecule has 0 aromatic heterocycles. The molecule has 1 N–H and O–H groups in total. The molecular formula is C14H15F4NO4. The average Bonchev–Trinajstić information content (AvgIpc) is 2.52. The molecule has 128 valence electrons. The third-order valence-corrected chi connectivity index (χ3v) is 3.64. The van der Waals surface area contributed by atoms with E-state index in [0.717, 1.165) is 0 Å². The van der Waals surface area contributed by atoms with Gasteiger partial charge in [0.2, 0.25) is 0 Å². The SMILES string of the molecule is COc1ccc(OC)c2c1CN(C(=O)C(F)(F)C(F)F)C[C@H]2O. The van der Waals surface area contributed by atoms with Crippen molar-refractivity contribution < 1.29 is 36.9 Å². The maximum absolute atomic E-state index is 13.3. The number of carbonyl (C=O) groups excluding carboxylic acids is 1. The minimum Gasteiger partial charge on any atom is -0.496 e. The third-order valence-electron chi connectivity index (χ3n) is 3.64. The number of nitrogens with zero attached hydrogens (tertiary/aromatic N) is 1. The molecule has 0 saturated heterocycles. The van der Waals surface area contributed by atoms with E-state index in [1.54, 1.807) is 0 Å². The molecule has 23 heavy (non-hydrogen) atoms. The summed E-state index contributed by atoms with van der Waals surface area (Å²) in [6.07, 6.45) is -5.48. The zero-order valence-corrected chi connectivity index (χ0v) is 12.4. The number of rotatable bonds is 4. The molecule has 1 atom stereocenters. The Kier molecular flexibility index (Phi) is 4.69. The van der Waals surface area contributed by atoms with Crippen molar-refractivity contribution in [2.75, 3.05) is 20.8 Å². The number of hydrogen-bond acceptors (Lipinski definition) is 4. The van der Waals surface area contributed by atoms with Crippen molar-refractivity contribution in [1.29, 1.82) is 0 Å². The molecule has 0 bridgehead atoms. The first-order valence-corrected chi connectivity index (χ1v) is 6.61. The number of carbonyl (C=O) groups is 1. The van der Waals surface area contributed by atoms with E-state index in [4.69, 9.17) is 9.47 Å². The number of hydrogen-bond donors (Lipinski definition) is 1. The summed E-state index contributed by atoms with van der Waals surface area (Å²) in [7, 11) is 2.68. The lowest BCUT2D eigenvalue weighted by Gasteiger charge is -2.35. The minimum absolute atomic E-state index is 0.234. The number of aliphatic hydroxyl groups is 1. The van der Waals surface area contributed by atoms with Gasteiger partial charge in [-0.05, 0) is 12.1 Å². The molecule has 1 aliphatic heterocycles. The van der Waals surface area contributed by atoms with Gasteiger partial charge in [-0.15, -0.1) is 0 Å². The molecule has 1 heterocycles. The highest BCUT2D eigenvalue weighted by Crippen LogP contribution is 2.40. The number of alkyl halides is 4. The molecule has 0 saturated carbocycles. The Bertz CT molecular complexity index is 609. The van der Waals surface area contributed by atoms with Gasteiger partial charge in [0.05, 0.1) is 27.3 Å². The van der Waals surface area contributed by atoms with E-state index in [1.165, 1.54) is 26.4 Å². The predicted molar refractivity (Wildman–Crippen MR) is 70.9 cm³/mol. The van der Waals surface area contributed by atoms with E-state index in [9.17, 15) is 27.5 Å². The second kappa shape index (κ2) is 6.23. The summed E-state index contributed by atoms with van der Waals surface area (Å²) in [5.74, 6) is -6.33. The standard InChI is InChI=1S/C14H15F4NO4/c1-22-9-3-4-10(23-2)11-7(9)5-19(6-8(11)20)13(21)14(17,18)12(15)16/h3-4,8,12,20H,5-6H2,1-2H3/t8-/m1/s1. The molecule has 1 aromatic carbocycles. The lowest BCUT2D eigenvalue weighted by molar-refractivity contribution is -0.183. The van der Waals surface area contributed by atoms with Crippen LogP contribution >= 0.6 is 0 Å². The van der Waals surface area contributed by atoms with Gasteiger partial charge in [0.25, 0.3) is 5.91 Å². The number of halogens is 4. The molecular weight excluding hydrogens is 322 g/mol. The molecule has 1 aliphatic rings. The summed E-state index contributed by atoms with van der Waals surface area (Å²) in [6, 6.07) is 3.00. The van der Waals surface area contributed by atoms with E-state index < -0.39 is 37.4 Å². The second-order valence-electron chi connectivity index (χ2n) is 4.99. The highest BCUT2D eigenvalue weighted by atomic mass is 19.3. The van der Waals surface area contributed by atoms with E-state index in [2.05, 4.69) is 0 Å². The van der Waals surface area contributed by atoms with Gasteiger partial charge in [-0.3, -0.25) is 4.79 Å². The van der Waals surface area contributed by atoms with Crippen LogP contribution < -0.4 is 9.47 Å². The van der Waals surface area contributed by atoms with Gasteiger partial charge in [-0.1, -0.05) is 0 Å². The fraction of sp³-hybridized carbons (Fsp3) is 0.500. The van der Waals surface area contributed by atoms with Gasteiger partial charge in [0.15, 0.2) is 0 Å². The Balaban J connectivity index is 2.43. The van der Waals surface area contributed by atoms with Crippen molar-refractivity contribution in [3.05, 3.63) is 23.3 Å². The summed E-state index contributed by atoms with van der Waals surface area (Å²) >= 11 is 0. The van der Waals surface area contributed by atoms with Gasteiger partial charge in [0.1, 0.15) is 17.6 Å². The van der Waals surface area contributed by atoms with Gasteiger partial charge in [-0.2, -0.15) is 8.78 Å². The van der Waals surface area contributed by atoms with Crippen LogP contribution in [0.3, 0.4) is 0 Å². The molecule has 0 spiro atoms. The molecule has 9 heteroatoms. The van der Waals surface area contributed by atoms with Crippen molar-refractivity contribution >= 4 is 5.91 Å². The molecule has 0 unspecified atom stereocenters. The quantitative estimate of drug-likeness (QED) is 0.854. The first-order valence-electron chi connectivity index (χ1n) is 6.61. The number of β-amino-alcohol motifs (C(OH)–C–C–N with tert-alkyl or cyclic N) is 1. The highest BCUT2D eigenvalue weighted by Gasteiger charge is 2.52. The summed E-state index contributed by atoms with van der Waals surface area (Å²) in [5.41, 5.74) is 0.528. The number of amides is 1. The number of aliphatic hydroxyl groups excluding tert-OH is 1. The third kappa shape index (κ3) is 2.92. The molecule has 0 fully saturated rings. The molecule has 5 nitrogen and oxygen atoms in total. The molecule has 1 aromatic rings. The summed E-state index contributed by atoms with van der Waals surface area (Å²) in [4.78, 5) is 12.2. The molecule has 0 radical (unpaired) electrons. The highest BCUT2D eigenvalue weighted by molar-refractivity contribution is 5.84. The number of methoxy groups -OCH3 is 2. The molecule has 1 amide bonds. The summed E-state index contributed by atoms with van der Waals surface area (Å²) in [6.45, 7) is -0.939. The minimum atomic E-state index is -4.82. The monoisotopic (exact) mass is 337 g/mol. The van der Waals surface area contributed by atoms with Gasteiger partial charge >= 0.3 is 12.3 Å². The van der Waals surface area contributed by atoms with Crippen molar-refractivity contribution in [3.63, 3.8) is 0 Å². The van der Waals surface area contributed by atoms with Crippen molar-refractivity contribution in [2.45, 2.75) is 25.0 Å². The van der Waals surface area contributed by atoms with E-state index in [0.29, 0.717) is 10.6 Å². The summed E-state index contributed by atoms with van der Waals surface area (Å²) in [5, 5.41) is 10.2. The van der Waals surface area contributed by atoms with Crippen LogP contribution in [0.4, 0.5) is 17.6 Å². The van der Waals surface area contributed by atoms with Crippen molar-refractivity contribution in [3.8, 4) is 11.5 Å². The van der Waals surface area contributed by atoms with Gasteiger partial charge in [-0.25, -0.2) is 8.78 Å². The van der Waals surface area contributed by atoms with Gasteiger partial charge in [0, 0.05) is 11.1 Å². The Morgan fingerprint density at radius 1 is 1.30 bits per heavy atom. The topological polar surface area (TPSA) is 59.0 Å². The number of ether oxygens (including phenoxy) is 2. The van der Waals surface area contributed by atoms with E-state index >= 15 is 0 Å². The van der Waals surface area contributed by atoms with Crippen LogP contribution in [0, 0.1) is 0 Å². The maximum atomic E-state index is 13.3. The zero-order chi connectivity index (χ0) is 17.4. The van der Waals surface area contributed by atoms with Crippen LogP contribution in [0.1, 0.15) is 17.2 Å². The number of benzene rings is 1. The van der Waals surface area contributed by atoms with Crippen LogP contribution in [0.25, 0.3) is 0 Å². The predicted octanol–water partition coefficient (Wildman–Crippen LogP) is 1.98.